The monoisotopic (exact) mass is 220 g/mol. The van der Waals surface area contributed by atoms with Gasteiger partial charge in [0.2, 0.25) is 0 Å². The summed E-state index contributed by atoms with van der Waals surface area (Å²) >= 11 is 0. The van der Waals surface area contributed by atoms with Crippen LogP contribution in [0.3, 0.4) is 0 Å². The summed E-state index contributed by atoms with van der Waals surface area (Å²) in [5, 5.41) is 0. The largest absolute Gasteiger partial charge is 0.457 e. The molecule has 3 heteroatoms. The van der Waals surface area contributed by atoms with Gasteiger partial charge in [0.1, 0.15) is 12.9 Å². The average Bonchev–Trinajstić information content (AvgIpc) is 2.65. The molecule has 0 radical (unpaired) electrons. The minimum Gasteiger partial charge on any atom is -0.457 e. The van der Waals surface area contributed by atoms with E-state index in [2.05, 4.69) is 6.92 Å². The molecule has 86 valence electrons. The number of hydrogen-bond donors (Lipinski definition) is 0. The maximum absolute atomic E-state index is 11.4. The van der Waals surface area contributed by atoms with Gasteiger partial charge in [-0.25, -0.2) is 4.79 Å². The fourth-order valence-corrected chi connectivity index (χ4v) is 2.52. The fourth-order valence-electron chi connectivity index (χ4n) is 2.52. The molecule has 3 nitrogen and oxygen atoms in total. The van der Waals surface area contributed by atoms with Crippen LogP contribution in [0.5, 0.6) is 0 Å². The highest BCUT2D eigenvalue weighted by Gasteiger charge is 2.32. The highest BCUT2D eigenvalue weighted by atomic mass is 16.5. The van der Waals surface area contributed by atoms with Crippen LogP contribution in [0.15, 0.2) is 22.8 Å². The van der Waals surface area contributed by atoms with Crippen molar-refractivity contribution in [2.75, 3.05) is 6.61 Å². The van der Waals surface area contributed by atoms with Crippen LogP contribution in [-0.2, 0) is 14.3 Å². The van der Waals surface area contributed by atoms with E-state index in [-0.39, 0.29) is 11.9 Å². The van der Waals surface area contributed by atoms with Gasteiger partial charge in [-0.3, -0.25) is 0 Å². The van der Waals surface area contributed by atoms with Crippen molar-refractivity contribution in [3.8, 4) is 0 Å². The first-order chi connectivity index (χ1) is 7.77. The maximum atomic E-state index is 11.4. The Balaban J connectivity index is 2.32. The van der Waals surface area contributed by atoms with Crippen molar-refractivity contribution < 1.29 is 14.3 Å². The molecule has 0 bridgehead atoms. The van der Waals surface area contributed by atoms with E-state index in [1.807, 2.05) is 6.08 Å². The second kappa shape index (κ2) is 4.64. The number of carbonyl (C=O) groups is 2. The van der Waals surface area contributed by atoms with Gasteiger partial charge in [0.05, 0.1) is 5.57 Å². The van der Waals surface area contributed by atoms with Crippen LogP contribution in [0, 0.1) is 5.92 Å². The molecule has 0 N–H and O–H groups in total. The molecule has 0 aromatic heterocycles. The third kappa shape index (κ3) is 1.82. The van der Waals surface area contributed by atoms with Gasteiger partial charge >= 0.3 is 5.97 Å². The molecule has 0 aromatic carbocycles. The minimum absolute atomic E-state index is 0.201. The van der Waals surface area contributed by atoms with Gasteiger partial charge in [0.15, 0.2) is 0 Å². The van der Waals surface area contributed by atoms with Crippen LogP contribution in [0.25, 0.3) is 0 Å². The Morgan fingerprint density at radius 1 is 1.56 bits per heavy atom. The number of fused-ring (bicyclic) bond motifs is 1. The van der Waals surface area contributed by atoms with Crippen molar-refractivity contribution >= 4 is 12.3 Å². The number of ether oxygens (including phenoxy) is 1. The molecule has 0 spiro atoms. The first kappa shape index (κ1) is 11.1. The molecule has 16 heavy (non-hydrogen) atoms. The zero-order valence-electron chi connectivity index (χ0n) is 9.49. The molecule has 1 aliphatic heterocycles. The van der Waals surface area contributed by atoms with Gasteiger partial charge in [-0.2, -0.15) is 0 Å². The lowest BCUT2D eigenvalue weighted by molar-refractivity contribution is -0.135. The molecule has 1 aliphatic carbocycles. The third-order valence-electron chi connectivity index (χ3n) is 3.28. The van der Waals surface area contributed by atoms with E-state index in [4.69, 9.17) is 4.74 Å². The van der Waals surface area contributed by atoms with Crippen LogP contribution in [0.4, 0.5) is 0 Å². The Bertz CT molecular complexity index is 377. The summed E-state index contributed by atoms with van der Waals surface area (Å²) in [6.45, 7) is 2.51. The zero-order valence-corrected chi connectivity index (χ0v) is 9.49. The summed E-state index contributed by atoms with van der Waals surface area (Å²) in [5.41, 5.74) is 3.05. The summed E-state index contributed by atoms with van der Waals surface area (Å²) in [6, 6.07) is 0. The molecule has 1 atom stereocenters. The van der Waals surface area contributed by atoms with Crippen LogP contribution < -0.4 is 0 Å². The van der Waals surface area contributed by atoms with Crippen LogP contribution in [0.2, 0.25) is 0 Å². The summed E-state index contributed by atoms with van der Waals surface area (Å²) in [6.07, 6.45) is 6.24. The van der Waals surface area contributed by atoms with Gasteiger partial charge in [0.25, 0.3) is 0 Å². The molecular weight excluding hydrogens is 204 g/mol. The Morgan fingerprint density at radius 3 is 3.06 bits per heavy atom. The molecule has 2 aliphatic rings. The molecule has 1 unspecified atom stereocenters. The Labute approximate surface area is 95.2 Å². The highest BCUT2D eigenvalue weighted by molar-refractivity contribution is 5.97. The van der Waals surface area contributed by atoms with Crippen LogP contribution in [0.1, 0.15) is 32.6 Å². The molecule has 0 aromatic rings. The zero-order chi connectivity index (χ0) is 11.5. The normalized spacial score (nSPS) is 23.9. The Morgan fingerprint density at radius 2 is 2.38 bits per heavy atom. The molecule has 0 saturated carbocycles. The van der Waals surface area contributed by atoms with Crippen molar-refractivity contribution in [2.24, 2.45) is 5.92 Å². The Hall–Kier alpha value is -1.38. The quantitative estimate of drug-likeness (QED) is 0.538. The van der Waals surface area contributed by atoms with Crippen molar-refractivity contribution in [3.05, 3.63) is 22.8 Å². The summed E-state index contributed by atoms with van der Waals surface area (Å²) in [5.74, 6) is 0.0823. The summed E-state index contributed by atoms with van der Waals surface area (Å²) in [4.78, 5) is 22.1. The van der Waals surface area contributed by atoms with E-state index in [1.54, 1.807) is 0 Å². The molecule has 2 rings (SSSR count). The predicted octanol–water partition coefficient (Wildman–Crippen LogP) is 2.18. The Kier molecular flexibility index (Phi) is 3.22. The topological polar surface area (TPSA) is 43.4 Å². The van der Waals surface area contributed by atoms with Crippen molar-refractivity contribution in [3.63, 3.8) is 0 Å². The number of cyclic esters (lactones) is 1. The van der Waals surface area contributed by atoms with Gasteiger partial charge in [0, 0.05) is 12.0 Å². The van der Waals surface area contributed by atoms with E-state index < -0.39 is 0 Å². The molecule has 1 fully saturated rings. The highest BCUT2D eigenvalue weighted by Crippen LogP contribution is 2.37. The number of hydrogen-bond acceptors (Lipinski definition) is 3. The first-order valence-electron chi connectivity index (χ1n) is 5.81. The van der Waals surface area contributed by atoms with E-state index in [9.17, 15) is 9.59 Å². The first-order valence-corrected chi connectivity index (χ1v) is 5.81. The second-order valence-electron chi connectivity index (χ2n) is 4.28. The third-order valence-corrected chi connectivity index (χ3v) is 3.28. The fraction of sp³-hybridized carbons (Fsp3) is 0.538. The lowest BCUT2D eigenvalue weighted by atomic mass is 9.80. The smallest absolute Gasteiger partial charge is 0.338 e. The summed E-state index contributed by atoms with van der Waals surface area (Å²) < 4.78 is 5.05. The van der Waals surface area contributed by atoms with Gasteiger partial charge in [-0.1, -0.05) is 25.0 Å². The van der Waals surface area contributed by atoms with Crippen molar-refractivity contribution in [1.29, 1.82) is 0 Å². The number of allylic oxidation sites excluding steroid dienone is 2. The van der Waals surface area contributed by atoms with Gasteiger partial charge in [-0.15, -0.1) is 0 Å². The van der Waals surface area contributed by atoms with E-state index >= 15 is 0 Å². The molecule has 0 amide bonds. The number of esters is 1. The average molecular weight is 220 g/mol. The maximum Gasteiger partial charge on any atom is 0.338 e. The minimum atomic E-state index is -0.201. The van der Waals surface area contributed by atoms with Crippen LogP contribution >= 0.6 is 0 Å². The van der Waals surface area contributed by atoms with E-state index in [1.165, 1.54) is 5.57 Å². The van der Waals surface area contributed by atoms with E-state index in [0.717, 1.165) is 36.7 Å². The summed E-state index contributed by atoms with van der Waals surface area (Å²) in [7, 11) is 0. The lowest BCUT2D eigenvalue weighted by Crippen LogP contribution is -2.13. The number of rotatable bonds is 4. The van der Waals surface area contributed by atoms with Gasteiger partial charge < -0.3 is 9.53 Å². The predicted molar refractivity (Wildman–Crippen MR) is 59.8 cm³/mol. The van der Waals surface area contributed by atoms with E-state index in [0.29, 0.717) is 13.0 Å². The van der Waals surface area contributed by atoms with Crippen LogP contribution in [-0.4, -0.2) is 18.9 Å². The lowest BCUT2D eigenvalue weighted by Gasteiger charge is -2.22. The van der Waals surface area contributed by atoms with Gasteiger partial charge in [-0.05, 0) is 18.8 Å². The second-order valence-corrected chi connectivity index (χ2v) is 4.28. The number of carbonyl (C=O) groups excluding carboxylic acids is 2. The molecular formula is C13H16O3. The molecule has 1 heterocycles. The number of aldehydes is 1. The standard InChI is InChI=1S/C13H16O3/c1-2-3-10-9(6-7-14)4-5-11-12(10)8-16-13(11)15/h5,7,9H,2-4,6,8H2,1H3. The molecule has 1 saturated heterocycles. The SMILES string of the molecule is CCCC1=C2COC(=O)C2=CCC1CC=O. The van der Waals surface area contributed by atoms with Crippen molar-refractivity contribution in [2.45, 2.75) is 32.6 Å². The van der Waals surface area contributed by atoms with Crippen molar-refractivity contribution in [1.82, 2.24) is 0 Å².